The molecule has 0 unspecified atom stereocenters. The molecule has 2 heterocycles. The molecule has 18 heavy (non-hydrogen) atoms. The van der Waals surface area contributed by atoms with Crippen molar-refractivity contribution in [2.75, 3.05) is 0 Å². The molecule has 90 valence electrons. The maximum atomic E-state index is 6.01. The van der Waals surface area contributed by atoms with Gasteiger partial charge in [-0.05, 0) is 5.56 Å². The van der Waals surface area contributed by atoms with Gasteiger partial charge in [0.1, 0.15) is 10.3 Å². The second-order valence-corrected chi connectivity index (χ2v) is 4.58. The third-order valence-electron chi connectivity index (χ3n) is 2.49. The number of benzene rings is 1. The van der Waals surface area contributed by atoms with E-state index in [2.05, 4.69) is 15.1 Å². The summed E-state index contributed by atoms with van der Waals surface area (Å²) in [5.41, 5.74) is 1.13. The van der Waals surface area contributed by atoms with E-state index < -0.39 is 0 Å². The fourth-order valence-corrected chi connectivity index (χ4v) is 2.15. The molecule has 0 N–H and O–H groups in total. The second-order valence-electron chi connectivity index (χ2n) is 3.80. The molecule has 6 heteroatoms. The van der Waals surface area contributed by atoms with Crippen LogP contribution in [0.1, 0.15) is 11.4 Å². The lowest BCUT2D eigenvalue weighted by atomic mass is 10.1. The molecule has 1 aromatic carbocycles. The van der Waals surface area contributed by atoms with Crippen LogP contribution in [0, 0.1) is 0 Å². The van der Waals surface area contributed by atoms with E-state index in [4.69, 9.17) is 23.2 Å². The minimum atomic E-state index is 0.311. The van der Waals surface area contributed by atoms with Crippen molar-refractivity contribution < 1.29 is 0 Å². The first kappa shape index (κ1) is 11.4. The molecule has 3 rings (SSSR count). The molecule has 4 nitrogen and oxygen atoms in total. The van der Waals surface area contributed by atoms with E-state index in [1.54, 1.807) is 0 Å². The smallest absolute Gasteiger partial charge is 0.199 e. The van der Waals surface area contributed by atoms with Crippen molar-refractivity contribution >= 4 is 29.0 Å². The van der Waals surface area contributed by atoms with Crippen LogP contribution in [0.4, 0.5) is 0 Å². The van der Waals surface area contributed by atoms with E-state index in [1.165, 1.54) is 10.6 Å². The third-order valence-corrected chi connectivity index (χ3v) is 2.95. The number of aromatic nitrogens is 4. The first-order valence-corrected chi connectivity index (χ1v) is 6.09. The van der Waals surface area contributed by atoms with Gasteiger partial charge in [0.05, 0.1) is 0 Å². The van der Waals surface area contributed by atoms with E-state index in [0.717, 1.165) is 5.56 Å². The molecule has 0 amide bonds. The van der Waals surface area contributed by atoms with E-state index in [1.807, 2.05) is 30.3 Å². The van der Waals surface area contributed by atoms with E-state index in [9.17, 15) is 0 Å². The second kappa shape index (κ2) is 4.55. The number of hydrogen-bond acceptors (Lipinski definition) is 3. The molecule has 0 spiro atoms. The van der Waals surface area contributed by atoms with E-state index in [0.29, 0.717) is 28.3 Å². The number of hydrogen-bond donors (Lipinski definition) is 0. The lowest BCUT2D eigenvalue weighted by Gasteiger charge is -1.95. The summed E-state index contributed by atoms with van der Waals surface area (Å²) >= 11 is 11.8. The highest BCUT2D eigenvalue weighted by Crippen LogP contribution is 2.16. The minimum Gasteiger partial charge on any atom is -0.199 e. The van der Waals surface area contributed by atoms with Crippen LogP contribution in [0.25, 0.3) is 5.78 Å². The molecule has 0 fully saturated rings. The first-order chi connectivity index (χ1) is 8.72. The SMILES string of the molecule is Clc1cc(Cl)n2nc(Cc3ccccc3)nc2n1. The molecule has 0 aliphatic heterocycles. The highest BCUT2D eigenvalue weighted by molar-refractivity contribution is 6.33. The van der Waals surface area contributed by atoms with Crippen LogP contribution in [-0.2, 0) is 6.42 Å². The molecule has 3 aromatic rings. The van der Waals surface area contributed by atoms with Crippen LogP contribution < -0.4 is 0 Å². The van der Waals surface area contributed by atoms with Crippen LogP contribution in [0.3, 0.4) is 0 Å². The highest BCUT2D eigenvalue weighted by Gasteiger charge is 2.09. The molecule has 0 atom stereocenters. The van der Waals surface area contributed by atoms with E-state index >= 15 is 0 Å². The third kappa shape index (κ3) is 2.17. The lowest BCUT2D eigenvalue weighted by molar-refractivity contribution is 0.892. The summed E-state index contributed by atoms with van der Waals surface area (Å²) in [4.78, 5) is 8.37. The van der Waals surface area contributed by atoms with Gasteiger partial charge < -0.3 is 0 Å². The topological polar surface area (TPSA) is 43.1 Å². The summed E-state index contributed by atoms with van der Waals surface area (Å²) in [6.45, 7) is 0. The quantitative estimate of drug-likeness (QED) is 0.677. The van der Waals surface area contributed by atoms with Crippen molar-refractivity contribution in [3.8, 4) is 0 Å². The molecule has 0 aliphatic rings. The van der Waals surface area contributed by atoms with Crippen LogP contribution >= 0.6 is 23.2 Å². The van der Waals surface area contributed by atoms with Crippen LogP contribution in [0.2, 0.25) is 10.3 Å². The fraction of sp³-hybridized carbons (Fsp3) is 0.0833. The molecular weight excluding hydrogens is 271 g/mol. The Morgan fingerprint density at radius 1 is 1.06 bits per heavy atom. The normalized spacial score (nSPS) is 11.0. The Kier molecular flexibility index (Phi) is 2.89. The summed E-state index contributed by atoms with van der Waals surface area (Å²) in [6.07, 6.45) is 0.637. The first-order valence-electron chi connectivity index (χ1n) is 5.34. The van der Waals surface area contributed by atoms with Crippen molar-refractivity contribution in [2.24, 2.45) is 0 Å². The minimum absolute atomic E-state index is 0.311. The van der Waals surface area contributed by atoms with Gasteiger partial charge in [0, 0.05) is 12.5 Å². The van der Waals surface area contributed by atoms with Gasteiger partial charge in [-0.15, -0.1) is 5.10 Å². The van der Waals surface area contributed by atoms with Crippen LogP contribution in [0.5, 0.6) is 0 Å². The Morgan fingerprint density at radius 3 is 2.61 bits per heavy atom. The maximum Gasteiger partial charge on any atom is 0.255 e. The van der Waals surface area contributed by atoms with Crippen molar-refractivity contribution in [2.45, 2.75) is 6.42 Å². The average Bonchev–Trinajstić information content (AvgIpc) is 2.73. The maximum absolute atomic E-state index is 6.01. The van der Waals surface area contributed by atoms with Gasteiger partial charge >= 0.3 is 0 Å². The van der Waals surface area contributed by atoms with Crippen LogP contribution in [-0.4, -0.2) is 19.6 Å². The van der Waals surface area contributed by atoms with Gasteiger partial charge in [-0.2, -0.15) is 14.5 Å². The van der Waals surface area contributed by atoms with Gasteiger partial charge in [0.2, 0.25) is 0 Å². The fourth-order valence-electron chi connectivity index (χ4n) is 1.70. The molecule has 0 aliphatic carbocycles. The Morgan fingerprint density at radius 2 is 1.83 bits per heavy atom. The average molecular weight is 279 g/mol. The molecule has 0 radical (unpaired) electrons. The zero-order valence-electron chi connectivity index (χ0n) is 9.22. The number of fused-ring (bicyclic) bond motifs is 1. The number of nitrogens with zero attached hydrogens (tertiary/aromatic N) is 4. The van der Waals surface area contributed by atoms with Gasteiger partial charge in [0.15, 0.2) is 5.82 Å². The van der Waals surface area contributed by atoms with Crippen molar-refractivity contribution in [3.63, 3.8) is 0 Å². The predicted molar refractivity (Wildman–Crippen MR) is 70.1 cm³/mol. The molecule has 0 bridgehead atoms. The Balaban J connectivity index is 2.01. The molecular formula is C12H8Cl2N4. The lowest BCUT2D eigenvalue weighted by Crippen LogP contribution is -1.93. The predicted octanol–water partition coefficient (Wildman–Crippen LogP) is 3.02. The summed E-state index contributed by atoms with van der Waals surface area (Å²) in [5.74, 6) is 1.08. The Labute approximate surface area is 113 Å². The zero-order chi connectivity index (χ0) is 12.5. The van der Waals surface area contributed by atoms with Crippen LogP contribution in [0.15, 0.2) is 36.4 Å². The Hall–Kier alpha value is -1.65. The standard InChI is InChI=1S/C12H8Cl2N4/c13-9-7-10(14)18-12(15-9)16-11(17-18)6-8-4-2-1-3-5-8/h1-5,7H,6H2. The largest absolute Gasteiger partial charge is 0.255 e. The number of halogens is 2. The molecule has 0 saturated carbocycles. The van der Waals surface area contributed by atoms with Gasteiger partial charge in [-0.25, -0.2) is 0 Å². The van der Waals surface area contributed by atoms with Gasteiger partial charge in [-0.3, -0.25) is 0 Å². The molecule has 2 aromatic heterocycles. The molecule has 0 saturated heterocycles. The van der Waals surface area contributed by atoms with Crippen molar-refractivity contribution in [1.29, 1.82) is 0 Å². The Bertz CT molecular complexity index is 694. The van der Waals surface area contributed by atoms with Gasteiger partial charge in [0.25, 0.3) is 5.78 Å². The van der Waals surface area contributed by atoms with Gasteiger partial charge in [-0.1, -0.05) is 53.5 Å². The van der Waals surface area contributed by atoms with Crippen molar-refractivity contribution in [3.05, 3.63) is 58.1 Å². The monoisotopic (exact) mass is 278 g/mol. The summed E-state index contributed by atoms with van der Waals surface area (Å²) in [5, 5.41) is 5.01. The number of rotatable bonds is 2. The summed E-state index contributed by atoms with van der Waals surface area (Å²) in [7, 11) is 0. The summed E-state index contributed by atoms with van der Waals surface area (Å²) in [6, 6.07) is 11.5. The van der Waals surface area contributed by atoms with E-state index in [-0.39, 0.29) is 0 Å². The highest BCUT2D eigenvalue weighted by atomic mass is 35.5. The van der Waals surface area contributed by atoms with Crippen molar-refractivity contribution in [1.82, 2.24) is 19.6 Å². The summed E-state index contributed by atoms with van der Waals surface area (Å²) < 4.78 is 1.48. The zero-order valence-corrected chi connectivity index (χ0v) is 10.7.